The first-order valence-corrected chi connectivity index (χ1v) is 2.83. The Morgan fingerprint density at radius 1 is 1.64 bits per heavy atom. The topological polar surface area (TPSA) is 39.2 Å². The molecule has 0 aromatic carbocycles. The molecule has 0 fully saturated rings. The zero-order chi connectivity index (χ0) is 7.40. The molecule has 0 radical (unpaired) electrons. The van der Waals surface area contributed by atoms with Crippen LogP contribution in [0.2, 0.25) is 0 Å². The third-order valence-corrected chi connectivity index (χ3v) is 1.08. The van der Waals surface area contributed by atoms with Gasteiger partial charge in [-0.05, 0) is 12.1 Å². The molecule has 1 aromatic heterocycles. The Morgan fingerprint density at radius 2 is 2.36 bits per heavy atom. The highest BCUT2D eigenvalue weighted by molar-refractivity contribution is 5.88. The molecule has 0 aliphatic rings. The number of carbonyl (C=O) groups excluding carboxylic acids is 1. The molecule has 0 bridgehead atoms. The van der Waals surface area contributed by atoms with Crippen molar-refractivity contribution in [1.29, 1.82) is 0 Å². The molecule has 0 unspecified atom stereocenters. The fourth-order valence-electron chi connectivity index (χ4n) is 0.601. The molecule has 60 valence electrons. The van der Waals surface area contributed by atoms with Crippen LogP contribution in [0, 0.1) is 0 Å². The first-order valence-electron chi connectivity index (χ1n) is 2.83. The lowest BCUT2D eigenvalue weighted by Gasteiger charge is -1.94. The summed E-state index contributed by atoms with van der Waals surface area (Å²) in [5.41, 5.74) is 0.477. The zero-order valence-electron chi connectivity index (χ0n) is 5.98. The van der Waals surface area contributed by atoms with Gasteiger partial charge in [-0.2, -0.15) is 0 Å². The molecule has 0 spiro atoms. The number of pyridine rings is 1. The number of rotatable bonds is 1. The van der Waals surface area contributed by atoms with E-state index in [1.165, 1.54) is 13.3 Å². The molecule has 0 saturated heterocycles. The molecular formula is C7H8ClNO2. The molecule has 1 rings (SSSR count). The Morgan fingerprint density at radius 3 is 2.82 bits per heavy atom. The molecule has 0 aliphatic heterocycles. The van der Waals surface area contributed by atoms with Crippen molar-refractivity contribution in [2.75, 3.05) is 7.11 Å². The lowest BCUT2D eigenvalue weighted by molar-refractivity contribution is 0.0600. The molecule has 0 N–H and O–H groups in total. The van der Waals surface area contributed by atoms with Gasteiger partial charge in [-0.25, -0.2) is 4.79 Å². The van der Waals surface area contributed by atoms with Crippen LogP contribution in [0.1, 0.15) is 10.4 Å². The number of ether oxygens (including phenoxy) is 1. The second-order valence-corrected chi connectivity index (χ2v) is 1.73. The summed E-state index contributed by atoms with van der Waals surface area (Å²) < 4.78 is 4.46. The summed E-state index contributed by atoms with van der Waals surface area (Å²) in [7, 11) is 1.34. The third-order valence-electron chi connectivity index (χ3n) is 1.08. The van der Waals surface area contributed by atoms with E-state index >= 15 is 0 Å². The lowest BCUT2D eigenvalue weighted by Crippen LogP contribution is -2.00. The van der Waals surface area contributed by atoms with Gasteiger partial charge >= 0.3 is 5.97 Å². The van der Waals surface area contributed by atoms with Crippen molar-refractivity contribution in [3.05, 3.63) is 30.1 Å². The van der Waals surface area contributed by atoms with Gasteiger partial charge in [0.15, 0.2) is 0 Å². The smallest absolute Gasteiger partial charge is 0.339 e. The van der Waals surface area contributed by atoms with E-state index in [0.29, 0.717) is 5.56 Å². The predicted molar refractivity (Wildman–Crippen MR) is 42.8 cm³/mol. The molecule has 3 nitrogen and oxygen atoms in total. The minimum atomic E-state index is -0.354. The average molecular weight is 174 g/mol. The second-order valence-electron chi connectivity index (χ2n) is 1.73. The SMILES string of the molecule is COC(=O)c1cccnc1.Cl. The van der Waals surface area contributed by atoms with E-state index in [1.807, 2.05) is 0 Å². The minimum absolute atomic E-state index is 0. The normalized spacial score (nSPS) is 8.09. The summed E-state index contributed by atoms with van der Waals surface area (Å²) in [6, 6.07) is 3.34. The molecule has 0 amide bonds. The van der Waals surface area contributed by atoms with Gasteiger partial charge in [0.1, 0.15) is 0 Å². The van der Waals surface area contributed by atoms with Crippen LogP contribution in [0.25, 0.3) is 0 Å². The standard InChI is InChI=1S/C7H7NO2.ClH/c1-10-7(9)6-3-2-4-8-5-6;/h2-5H,1H3;1H. The Labute approximate surface area is 70.8 Å². The molecular weight excluding hydrogens is 166 g/mol. The maximum atomic E-state index is 10.8. The molecule has 1 aromatic rings. The van der Waals surface area contributed by atoms with Crippen molar-refractivity contribution >= 4 is 18.4 Å². The average Bonchev–Trinajstić information content (AvgIpc) is 2.05. The van der Waals surface area contributed by atoms with E-state index in [4.69, 9.17) is 0 Å². The first-order chi connectivity index (χ1) is 4.84. The Balaban J connectivity index is 0.000001000. The van der Waals surface area contributed by atoms with E-state index in [9.17, 15) is 4.79 Å². The summed E-state index contributed by atoms with van der Waals surface area (Å²) in [5, 5.41) is 0. The molecule has 1 heterocycles. The van der Waals surface area contributed by atoms with Crippen LogP contribution >= 0.6 is 12.4 Å². The van der Waals surface area contributed by atoms with Gasteiger partial charge in [-0.1, -0.05) is 0 Å². The number of esters is 1. The van der Waals surface area contributed by atoms with Crippen molar-refractivity contribution in [1.82, 2.24) is 4.98 Å². The van der Waals surface area contributed by atoms with Gasteiger partial charge in [-0.15, -0.1) is 12.4 Å². The van der Waals surface area contributed by atoms with Crippen LogP contribution in [0.4, 0.5) is 0 Å². The highest BCUT2D eigenvalue weighted by Gasteiger charge is 2.01. The maximum Gasteiger partial charge on any atom is 0.339 e. The van der Waals surface area contributed by atoms with E-state index in [1.54, 1.807) is 18.3 Å². The van der Waals surface area contributed by atoms with Crippen molar-refractivity contribution < 1.29 is 9.53 Å². The van der Waals surface area contributed by atoms with Crippen molar-refractivity contribution in [3.8, 4) is 0 Å². The summed E-state index contributed by atoms with van der Waals surface area (Å²) >= 11 is 0. The van der Waals surface area contributed by atoms with E-state index in [2.05, 4.69) is 9.72 Å². The number of aromatic nitrogens is 1. The molecule has 0 aliphatic carbocycles. The van der Waals surface area contributed by atoms with Crippen LogP contribution in [0.5, 0.6) is 0 Å². The zero-order valence-corrected chi connectivity index (χ0v) is 6.80. The molecule has 4 heteroatoms. The summed E-state index contributed by atoms with van der Waals surface area (Å²) in [6.07, 6.45) is 3.07. The Kier molecular flexibility index (Phi) is 4.22. The summed E-state index contributed by atoms with van der Waals surface area (Å²) in [6.45, 7) is 0. The summed E-state index contributed by atoms with van der Waals surface area (Å²) in [5.74, 6) is -0.354. The third kappa shape index (κ3) is 2.55. The van der Waals surface area contributed by atoms with Gasteiger partial charge in [0.25, 0.3) is 0 Å². The van der Waals surface area contributed by atoms with Gasteiger partial charge in [-0.3, -0.25) is 4.98 Å². The quantitative estimate of drug-likeness (QED) is 0.601. The minimum Gasteiger partial charge on any atom is -0.465 e. The van der Waals surface area contributed by atoms with E-state index in [-0.39, 0.29) is 18.4 Å². The molecule has 0 saturated carbocycles. The van der Waals surface area contributed by atoms with Gasteiger partial charge in [0, 0.05) is 12.4 Å². The van der Waals surface area contributed by atoms with Crippen LogP contribution in [-0.4, -0.2) is 18.1 Å². The van der Waals surface area contributed by atoms with Crippen LogP contribution < -0.4 is 0 Å². The maximum absolute atomic E-state index is 10.8. The first kappa shape index (κ1) is 9.91. The molecule has 0 atom stereocenters. The number of hydrogen-bond donors (Lipinski definition) is 0. The number of methoxy groups -OCH3 is 1. The van der Waals surface area contributed by atoms with Crippen molar-refractivity contribution in [2.45, 2.75) is 0 Å². The van der Waals surface area contributed by atoms with Gasteiger partial charge in [0.05, 0.1) is 12.7 Å². The van der Waals surface area contributed by atoms with E-state index < -0.39 is 0 Å². The highest BCUT2D eigenvalue weighted by atomic mass is 35.5. The van der Waals surface area contributed by atoms with Crippen LogP contribution in [-0.2, 0) is 4.74 Å². The Hall–Kier alpha value is -1.09. The highest BCUT2D eigenvalue weighted by Crippen LogP contribution is 1.96. The number of hydrogen-bond acceptors (Lipinski definition) is 3. The number of carbonyl (C=O) groups is 1. The van der Waals surface area contributed by atoms with E-state index in [0.717, 1.165) is 0 Å². The lowest BCUT2D eigenvalue weighted by atomic mass is 10.3. The van der Waals surface area contributed by atoms with Crippen molar-refractivity contribution in [3.63, 3.8) is 0 Å². The summed E-state index contributed by atoms with van der Waals surface area (Å²) in [4.78, 5) is 14.5. The van der Waals surface area contributed by atoms with Gasteiger partial charge < -0.3 is 4.74 Å². The largest absolute Gasteiger partial charge is 0.465 e. The monoisotopic (exact) mass is 173 g/mol. The fraction of sp³-hybridized carbons (Fsp3) is 0.143. The second kappa shape index (κ2) is 4.68. The van der Waals surface area contributed by atoms with Gasteiger partial charge in [0.2, 0.25) is 0 Å². The number of nitrogens with zero attached hydrogens (tertiary/aromatic N) is 1. The Bertz CT molecular complexity index is 225. The predicted octanol–water partition coefficient (Wildman–Crippen LogP) is 1.29. The fourth-order valence-corrected chi connectivity index (χ4v) is 0.601. The van der Waals surface area contributed by atoms with Crippen LogP contribution in [0.15, 0.2) is 24.5 Å². The molecule has 11 heavy (non-hydrogen) atoms. The van der Waals surface area contributed by atoms with Crippen LogP contribution in [0.3, 0.4) is 0 Å². The van der Waals surface area contributed by atoms with Crippen molar-refractivity contribution in [2.24, 2.45) is 0 Å². The number of halogens is 1.